The Labute approximate surface area is 132 Å². The zero-order valence-electron chi connectivity index (χ0n) is 13.9. The van der Waals surface area contributed by atoms with E-state index in [-0.39, 0.29) is 10.8 Å². The van der Waals surface area contributed by atoms with Crippen LogP contribution >= 0.6 is 0 Å². The zero-order valence-corrected chi connectivity index (χ0v) is 13.9. The van der Waals surface area contributed by atoms with Gasteiger partial charge in [-0.1, -0.05) is 13.8 Å². The maximum absolute atomic E-state index is 14.2. The van der Waals surface area contributed by atoms with Gasteiger partial charge in [0.25, 0.3) is 0 Å². The van der Waals surface area contributed by atoms with E-state index in [4.69, 9.17) is 0 Å². The number of carbonyl (C=O) groups is 1. The predicted octanol–water partition coefficient (Wildman–Crippen LogP) is 3.91. The molecule has 4 saturated carbocycles. The van der Waals surface area contributed by atoms with Crippen LogP contribution in [0.3, 0.4) is 0 Å². The molecule has 2 nitrogen and oxygen atoms in total. The van der Waals surface area contributed by atoms with Gasteiger partial charge in [0.15, 0.2) is 0 Å². The molecule has 22 heavy (non-hydrogen) atoms. The Morgan fingerprint density at radius 3 is 2.64 bits per heavy atom. The van der Waals surface area contributed by atoms with E-state index in [9.17, 15) is 14.3 Å². The van der Waals surface area contributed by atoms with Gasteiger partial charge in [-0.05, 0) is 73.0 Å². The second-order valence-electron chi connectivity index (χ2n) is 9.14. The van der Waals surface area contributed by atoms with Gasteiger partial charge < -0.3 is 5.11 Å². The molecule has 124 valence electrons. The average Bonchev–Trinajstić information content (AvgIpc) is 2.72. The molecule has 0 heterocycles. The highest BCUT2D eigenvalue weighted by Gasteiger charge is 2.62. The molecule has 4 aliphatic rings. The maximum Gasteiger partial charge on any atom is 0.133 e. The fourth-order valence-corrected chi connectivity index (χ4v) is 6.99. The normalized spacial score (nSPS) is 57.9. The summed E-state index contributed by atoms with van der Waals surface area (Å²) in [6.45, 7) is 4.53. The highest BCUT2D eigenvalue weighted by molar-refractivity contribution is 5.79. The van der Waals surface area contributed by atoms with Gasteiger partial charge in [0, 0.05) is 12.8 Å². The lowest BCUT2D eigenvalue weighted by Gasteiger charge is -2.59. The largest absolute Gasteiger partial charge is 0.390 e. The Morgan fingerprint density at radius 1 is 1.09 bits per heavy atom. The average molecular weight is 308 g/mol. The molecular formula is C19H29FO2. The second-order valence-corrected chi connectivity index (χ2v) is 9.14. The summed E-state index contributed by atoms with van der Waals surface area (Å²) in [5, 5.41) is 10.4. The van der Waals surface area contributed by atoms with Crippen LogP contribution in [0.25, 0.3) is 0 Å². The summed E-state index contributed by atoms with van der Waals surface area (Å²) in [5.74, 6) is 2.53. The van der Waals surface area contributed by atoms with Crippen molar-refractivity contribution in [3.8, 4) is 0 Å². The molecule has 0 aromatic carbocycles. The van der Waals surface area contributed by atoms with Crippen molar-refractivity contribution < 1.29 is 14.3 Å². The summed E-state index contributed by atoms with van der Waals surface area (Å²) < 4.78 is 14.2. The van der Waals surface area contributed by atoms with Crippen LogP contribution in [0, 0.1) is 34.5 Å². The van der Waals surface area contributed by atoms with Crippen LogP contribution in [0.15, 0.2) is 0 Å². The molecule has 0 amide bonds. The number of carbonyl (C=O) groups excluding carboxylic acids is 1. The molecule has 1 N–H and O–H groups in total. The molecule has 4 rings (SSSR count). The standard InChI is InChI=1S/C19H29FO2/c1-18-7-5-12(21)9-11(18)3-4-13-14(18)6-8-19(2)15(13)10-16(20)17(19)22/h11,13-17,22H,3-10H2,1-2H3/t11?,13-,14-,15+,16?,17?,18+,19+/m1/s1. The van der Waals surface area contributed by atoms with Crippen LogP contribution in [0.5, 0.6) is 0 Å². The van der Waals surface area contributed by atoms with Crippen molar-refractivity contribution >= 4 is 5.78 Å². The van der Waals surface area contributed by atoms with E-state index in [0.717, 1.165) is 44.9 Å². The fraction of sp³-hybridized carbons (Fsp3) is 0.947. The van der Waals surface area contributed by atoms with E-state index >= 15 is 0 Å². The number of hydrogen-bond acceptors (Lipinski definition) is 2. The maximum atomic E-state index is 14.2. The molecule has 0 aliphatic heterocycles. The highest BCUT2D eigenvalue weighted by atomic mass is 19.1. The SMILES string of the molecule is C[C@]12CCC(=O)CC1CC[C@@H]1[C@H]2CC[C@]2(C)C(O)C(F)C[C@@H]12. The Kier molecular flexibility index (Phi) is 3.28. The van der Waals surface area contributed by atoms with E-state index in [1.165, 1.54) is 0 Å². The third-order valence-electron chi connectivity index (χ3n) is 8.42. The van der Waals surface area contributed by atoms with Crippen molar-refractivity contribution in [2.75, 3.05) is 0 Å². The molecule has 0 radical (unpaired) electrons. The predicted molar refractivity (Wildman–Crippen MR) is 83.0 cm³/mol. The van der Waals surface area contributed by atoms with Crippen LogP contribution in [0.4, 0.5) is 4.39 Å². The number of Topliss-reactive ketones (excluding diaryl/α,β-unsaturated/α-hetero) is 1. The van der Waals surface area contributed by atoms with Crippen molar-refractivity contribution in [2.45, 2.75) is 77.5 Å². The van der Waals surface area contributed by atoms with E-state index in [2.05, 4.69) is 13.8 Å². The van der Waals surface area contributed by atoms with Gasteiger partial charge in [-0.25, -0.2) is 4.39 Å². The Bertz CT molecular complexity index is 492. The van der Waals surface area contributed by atoms with Gasteiger partial charge in [-0.3, -0.25) is 4.79 Å². The van der Waals surface area contributed by atoms with Gasteiger partial charge in [0.1, 0.15) is 12.0 Å². The van der Waals surface area contributed by atoms with Crippen molar-refractivity contribution in [2.24, 2.45) is 34.5 Å². The monoisotopic (exact) mass is 308 g/mol. The van der Waals surface area contributed by atoms with Gasteiger partial charge in [-0.2, -0.15) is 0 Å². The Hall–Kier alpha value is -0.440. The Balaban J connectivity index is 1.64. The van der Waals surface area contributed by atoms with Crippen molar-refractivity contribution in [1.29, 1.82) is 0 Å². The van der Waals surface area contributed by atoms with E-state index < -0.39 is 12.3 Å². The van der Waals surface area contributed by atoms with Gasteiger partial charge in [0.2, 0.25) is 0 Å². The molecule has 0 bridgehead atoms. The summed E-state index contributed by atoms with van der Waals surface area (Å²) in [6, 6.07) is 0. The van der Waals surface area contributed by atoms with Crippen LogP contribution in [-0.2, 0) is 4.79 Å². The molecule has 0 spiro atoms. The van der Waals surface area contributed by atoms with Gasteiger partial charge in [-0.15, -0.1) is 0 Å². The summed E-state index contributed by atoms with van der Waals surface area (Å²) in [4.78, 5) is 11.9. The summed E-state index contributed by atoms with van der Waals surface area (Å²) >= 11 is 0. The topological polar surface area (TPSA) is 37.3 Å². The first kappa shape index (κ1) is 15.1. The number of fused-ring (bicyclic) bond motifs is 5. The van der Waals surface area contributed by atoms with Crippen LogP contribution < -0.4 is 0 Å². The molecule has 4 fully saturated rings. The minimum absolute atomic E-state index is 0.214. The van der Waals surface area contributed by atoms with Crippen molar-refractivity contribution in [1.82, 2.24) is 0 Å². The summed E-state index contributed by atoms with van der Waals surface area (Å²) in [5.41, 5.74) is 0.0613. The third-order valence-corrected chi connectivity index (χ3v) is 8.42. The zero-order chi connectivity index (χ0) is 15.7. The van der Waals surface area contributed by atoms with E-state index in [1.54, 1.807) is 0 Å². The number of aliphatic hydroxyl groups excluding tert-OH is 1. The van der Waals surface area contributed by atoms with Gasteiger partial charge >= 0.3 is 0 Å². The highest BCUT2D eigenvalue weighted by Crippen LogP contribution is 2.66. The van der Waals surface area contributed by atoms with Crippen LogP contribution in [0.2, 0.25) is 0 Å². The number of aliphatic hydroxyl groups is 1. The number of halogens is 1. The summed E-state index contributed by atoms with van der Waals surface area (Å²) in [7, 11) is 0. The smallest absolute Gasteiger partial charge is 0.133 e. The molecular weight excluding hydrogens is 279 g/mol. The first-order valence-electron chi connectivity index (χ1n) is 9.20. The number of rotatable bonds is 0. The Morgan fingerprint density at radius 2 is 1.86 bits per heavy atom. The molecule has 0 saturated heterocycles. The first-order valence-corrected chi connectivity index (χ1v) is 9.20. The lowest BCUT2D eigenvalue weighted by molar-refractivity contribution is -0.142. The molecule has 3 unspecified atom stereocenters. The van der Waals surface area contributed by atoms with Crippen LogP contribution in [-0.4, -0.2) is 23.2 Å². The van der Waals surface area contributed by atoms with Crippen LogP contribution in [0.1, 0.15) is 65.2 Å². The number of ketones is 1. The minimum atomic E-state index is -1.03. The van der Waals surface area contributed by atoms with E-state index in [0.29, 0.717) is 35.9 Å². The molecule has 4 aliphatic carbocycles. The quantitative estimate of drug-likeness (QED) is 0.737. The van der Waals surface area contributed by atoms with E-state index in [1.807, 2.05) is 0 Å². The summed E-state index contributed by atoms with van der Waals surface area (Å²) in [6.07, 6.45) is 5.63. The third kappa shape index (κ3) is 1.84. The van der Waals surface area contributed by atoms with Crippen molar-refractivity contribution in [3.63, 3.8) is 0 Å². The lowest BCUT2D eigenvalue weighted by atomic mass is 9.45. The molecule has 3 heteroatoms. The second kappa shape index (κ2) is 4.78. The van der Waals surface area contributed by atoms with Gasteiger partial charge in [0.05, 0.1) is 6.10 Å². The molecule has 0 aromatic heterocycles. The molecule has 0 aromatic rings. The lowest BCUT2D eigenvalue weighted by Crippen LogP contribution is -2.54. The van der Waals surface area contributed by atoms with Crippen molar-refractivity contribution in [3.05, 3.63) is 0 Å². The number of hydrogen-bond donors (Lipinski definition) is 1. The number of alkyl halides is 1. The minimum Gasteiger partial charge on any atom is -0.390 e. The fourth-order valence-electron chi connectivity index (χ4n) is 6.99. The molecule has 8 atom stereocenters. The first-order chi connectivity index (χ1) is 10.4.